The van der Waals surface area contributed by atoms with E-state index in [-0.39, 0.29) is 6.61 Å². The maximum Gasteiger partial charge on any atom is 0.233 e. The summed E-state index contributed by atoms with van der Waals surface area (Å²) in [5.74, 6) is 1.26. The molecule has 0 radical (unpaired) electrons. The molecule has 1 unspecified atom stereocenters. The molecule has 0 aliphatic carbocycles. The van der Waals surface area contributed by atoms with Gasteiger partial charge in [0.2, 0.25) is 6.41 Å². The number of ether oxygens (including phenoxy) is 1. The van der Waals surface area contributed by atoms with E-state index in [9.17, 15) is 10.0 Å². The fourth-order valence-electron chi connectivity index (χ4n) is 2.26. The van der Waals surface area contributed by atoms with Gasteiger partial charge in [0.05, 0.1) is 11.6 Å². The molecule has 0 heterocycles. The Morgan fingerprint density at radius 1 is 1.15 bits per heavy atom. The van der Waals surface area contributed by atoms with E-state index in [2.05, 4.69) is 19.9 Å². The number of hydroxylamine groups is 2. The molecular formula is C20H22N2O3S. The first-order valence-electron chi connectivity index (χ1n) is 8.31. The molecule has 2 aromatic rings. The summed E-state index contributed by atoms with van der Waals surface area (Å²) in [5.41, 5.74) is 2.66. The average Bonchev–Trinajstić information content (AvgIpc) is 2.68. The molecule has 0 aliphatic rings. The number of hydrogen-bond donors (Lipinski definition) is 1. The number of carbonyl (C=O) groups excluding carboxylic acids is 1. The van der Waals surface area contributed by atoms with Gasteiger partial charge < -0.3 is 4.74 Å². The van der Waals surface area contributed by atoms with Gasteiger partial charge in [0.1, 0.15) is 18.4 Å². The van der Waals surface area contributed by atoms with E-state index in [1.165, 1.54) is 0 Å². The minimum Gasteiger partial charge on any atom is -0.491 e. The SMILES string of the molecule is CC(C)SCC(COc1ccc(-c2ccc(C#N)cc2)cc1)N(O)C=O. The van der Waals surface area contributed by atoms with Crippen molar-refractivity contribution in [1.29, 1.82) is 5.26 Å². The van der Waals surface area contributed by atoms with Gasteiger partial charge in [-0.15, -0.1) is 0 Å². The van der Waals surface area contributed by atoms with Gasteiger partial charge in [0.25, 0.3) is 0 Å². The number of thioether (sulfide) groups is 1. The molecule has 2 aromatic carbocycles. The van der Waals surface area contributed by atoms with Crippen LogP contribution in [0.2, 0.25) is 0 Å². The van der Waals surface area contributed by atoms with Gasteiger partial charge in [0, 0.05) is 5.75 Å². The monoisotopic (exact) mass is 370 g/mol. The molecule has 5 nitrogen and oxygen atoms in total. The van der Waals surface area contributed by atoms with Gasteiger partial charge >= 0.3 is 0 Å². The van der Waals surface area contributed by atoms with E-state index in [0.717, 1.165) is 11.1 Å². The zero-order valence-electron chi connectivity index (χ0n) is 14.8. The highest BCUT2D eigenvalue weighted by atomic mass is 32.2. The van der Waals surface area contributed by atoms with E-state index < -0.39 is 6.04 Å². The van der Waals surface area contributed by atoms with Crippen LogP contribution in [0.3, 0.4) is 0 Å². The molecule has 0 aromatic heterocycles. The lowest BCUT2D eigenvalue weighted by Crippen LogP contribution is -2.38. The maximum atomic E-state index is 10.8. The molecule has 0 saturated carbocycles. The van der Waals surface area contributed by atoms with Crippen molar-refractivity contribution in [2.45, 2.75) is 25.1 Å². The van der Waals surface area contributed by atoms with Crippen LogP contribution < -0.4 is 4.74 Å². The molecule has 0 saturated heterocycles. The predicted octanol–water partition coefficient (Wildman–Crippen LogP) is 3.96. The van der Waals surface area contributed by atoms with Crippen LogP contribution >= 0.6 is 11.8 Å². The second-order valence-electron chi connectivity index (χ2n) is 6.05. The fourth-order valence-corrected chi connectivity index (χ4v) is 3.12. The Morgan fingerprint density at radius 3 is 2.23 bits per heavy atom. The third kappa shape index (κ3) is 5.80. The molecule has 136 valence electrons. The van der Waals surface area contributed by atoms with Crippen molar-refractivity contribution < 1.29 is 14.7 Å². The van der Waals surface area contributed by atoms with Gasteiger partial charge in [-0.3, -0.25) is 10.0 Å². The quantitative estimate of drug-likeness (QED) is 0.411. The number of hydrogen-bond acceptors (Lipinski definition) is 5. The van der Waals surface area contributed by atoms with Gasteiger partial charge in [-0.1, -0.05) is 38.1 Å². The Labute approximate surface area is 158 Å². The van der Waals surface area contributed by atoms with Gasteiger partial charge in [-0.2, -0.15) is 17.0 Å². The molecule has 1 atom stereocenters. The molecule has 2 rings (SSSR count). The summed E-state index contributed by atoms with van der Waals surface area (Å²) < 4.78 is 5.73. The molecule has 0 fully saturated rings. The third-order valence-electron chi connectivity index (χ3n) is 3.75. The third-order valence-corrected chi connectivity index (χ3v) is 4.99. The standard InChI is InChI=1S/C20H22N2O3S/c1-15(2)26-13-19(22(24)14-23)12-25-20-9-7-18(8-10-20)17-5-3-16(11-21)4-6-17/h3-10,14-15,19,24H,12-13H2,1-2H3. The first-order chi connectivity index (χ1) is 12.5. The number of nitrogens with zero attached hydrogens (tertiary/aromatic N) is 2. The van der Waals surface area contributed by atoms with Crippen LogP contribution in [-0.4, -0.2) is 40.3 Å². The number of amides is 1. The summed E-state index contributed by atoms with van der Waals surface area (Å²) in [5, 5.41) is 19.6. The lowest BCUT2D eigenvalue weighted by Gasteiger charge is -2.23. The lowest BCUT2D eigenvalue weighted by atomic mass is 10.0. The minimum atomic E-state index is -0.405. The summed E-state index contributed by atoms with van der Waals surface area (Å²) >= 11 is 1.66. The van der Waals surface area contributed by atoms with Crippen LogP contribution in [0.25, 0.3) is 11.1 Å². The maximum absolute atomic E-state index is 10.8. The van der Waals surface area contributed by atoms with Gasteiger partial charge in [-0.25, -0.2) is 5.06 Å². The fraction of sp³-hybridized carbons (Fsp3) is 0.300. The smallest absolute Gasteiger partial charge is 0.233 e. The number of carbonyl (C=O) groups is 1. The molecule has 0 bridgehead atoms. The van der Waals surface area contributed by atoms with E-state index in [1.807, 2.05) is 36.4 Å². The predicted molar refractivity (Wildman–Crippen MR) is 103 cm³/mol. The summed E-state index contributed by atoms with van der Waals surface area (Å²) in [6.07, 6.45) is 0.406. The van der Waals surface area contributed by atoms with Gasteiger partial charge in [-0.05, 0) is 40.6 Å². The molecule has 0 spiro atoms. The van der Waals surface area contributed by atoms with E-state index in [0.29, 0.717) is 33.8 Å². The topological polar surface area (TPSA) is 73.6 Å². The zero-order chi connectivity index (χ0) is 18.9. The van der Waals surface area contributed by atoms with Crippen LogP contribution in [-0.2, 0) is 4.79 Å². The van der Waals surface area contributed by atoms with Crippen molar-refractivity contribution in [3.8, 4) is 22.9 Å². The van der Waals surface area contributed by atoms with E-state index >= 15 is 0 Å². The van der Waals surface area contributed by atoms with Crippen molar-refractivity contribution >= 4 is 18.2 Å². The first kappa shape index (κ1) is 19.8. The summed E-state index contributed by atoms with van der Waals surface area (Å²) in [4.78, 5) is 10.8. The van der Waals surface area contributed by atoms with Crippen LogP contribution in [0.15, 0.2) is 48.5 Å². The Balaban J connectivity index is 1.98. The molecule has 1 amide bonds. The Morgan fingerprint density at radius 2 is 1.73 bits per heavy atom. The average molecular weight is 370 g/mol. The summed E-state index contributed by atoms with van der Waals surface area (Å²) in [6.45, 7) is 4.34. The summed E-state index contributed by atoms with van der Waals surface area (Å²) in [7, 11) is 0. The largest absolute Gasteiger partial charge is 0.491 e. The number of benzene rings is 2. The van der Waals surface area contributed by atoms with Crippen molar-refractivity contribution in [1.82, 2.24) is 5.06 Å². The van der Waals surface area contributed by atoms with Crippen LogP contribution in [0.4, 0.5) is 0 Å². The van der Waals surface area contributed by atoms with Crippen molar-refractivity contribution in [2.75, 3.05) is 12.4 Å². The van der Waals surface area contributed by atoms with E-state index in [4.69, 9.17) is 10.00 Å². The highest BCUT2D eigenvalue weighted by Gasteiger charge is 2.17. The lowest BCUT2D eigenvalue weighted by molar-refractivity contribution is -0.160. The zero-order valence-corrected chi connectivity index (χ0v) is 15.6. The highest BCUT2D eigenvalue weighted by Crippen LogP contribution is 2.23. The van der Waals surface area contributed by atoms with Crippen LogP contribution in [0.1, 0.15) is 19.4 Å². The molecular weight excluding hydrogens is 348 g/mol. The molecule has 26 heavy (non-hydrogen) atoms. The van der Waals surface area contributed by atoms with Gasteiger partial charge in [0.15, 0.2) is 0 Å². The molecule has 1 N–H and O–H groups in total. The van der Waals surface area contributed by atoms with Crippen LogP contribution in [0.5, 0.6) is 5.75 Å². The Bertz CT molecular complexity index is 739. The van der Waals surface area contributed by atoms with Crippen molar-refractivity contribution in [3.05, 3.63) is 54.1 Å². The van der Waals surface area contributed by atoms with E-state index in [1.54, 1.807) is 23.9 Å². The molecule has 6 heteroatoms. The van der Waals surface area contributed by atoms with Crippen LogP contribution in [0, 0.1) is 11.3 Å². The highest BCUT2D eigenvalue weighted by molar-refractivity contribution is 7.99. The second kappa shape index (κ2) is 9.85. The second-order valence-corrected chi connectivity index (χ2v) is 7.66. The Hall–Kier alpha value is -2.49. The minimum absolute atomic E-state index is 0.213. The normalized spacial score (nSPS) is 11.7. The Kier molecular flexibility index (Phi) is 7.52. The molecule has 0 aliphatic heterocycles. The van der Waals surface area contributed by atoms with Crippen molar-refractivity contribution in [3.63, 3.8) is 0 Å². The van der Waals surface area contributed by atoms with Crippen molar-refractivity contribution in [2.24, 2.45) is 0 Å². The first-order valence-corrected chi connectivity index (χ1v) is 9.36. The summed E-state index contributed by atoms with van der Waals surface area (Å²) in [6, 6.07) is 16.6. The number of rotatable bonds is 9. The number of nitriles is 1.